The van der Waals surface area contributed by atoms with Crippen LogP contribution < -0.4 is 10.2 Å². The topological polar surface area (TPSA) is 52.7 Å². The second-order valence-corrected chi connectivity index (χ2v) is 6.53. The molecule has 2 aliphatic heterocycles. The van der Waals surface area contributed by atoms with Crippen molar-refractivity contribution in [1.29, 1.82) is 0 Å². The fourth-order valence-corrected chi connectivity index (χ4v) is 3.57. The second-order valence-electron chi connectivity index (χ2n) is 6.53. The summed E-state index contributed by atoms with van der Waals surface area (Å²) in [6.45, 7) is 6.98. The fourth-order valence-electron chi connectivity index (χ4n) is 3.57. The number of hydrogen-bond donors (Lipinski definition) is 1. The highest BCUT2D eigenvalue weighted by molar-refractivity contribution is 6.00. The number of amides is 2. The molecule has 2 aliphatic rings. The van der Waals surface area contributed by atoms with E-state index in [0.29, 0.717) is 19.0 Å². The first-order valence-corrected chi connectivity index (χ1v) is 8.50. The van der Waals surface area contributed by atoms with Crippen LogP contribution in [-0.4, -0.2) is 48.9 Å². The molecule has 1 aromatic rings. The fraction of sp³-hybridized carbons (Fsp3) is 0.556. The Morgan fingerprint density at radius 3 is 2.75 bits per heavy atom. The van der Waals surface area contributed by atoms with Gasteiger partial charge in [0.2, 0.25) is 11.8 Å². The van der Waals surface area contributed by atoms with E-state index in [9.17, 15) is 9.59 Å². The maximum atomic E-state index is 12.7. The van der Waals surface area contributed by atoms with E-state index < -0.39 is 0 Å². The van der Waals surface area contributed by atoms with Crippen LogP contribution >= 0.6 is 12.4 Å². The molecule has 0 bridgehead atoms. The van der Waals surface area contributed by atoms with Gasteiger partial charge in [-0.2, -0.15) is 0 Å². The highest BCUT2D eigenvalue weighted by Gasteiger charge is 2.38. The van der Waals surface area contributed by atoms with Crippen LogP contribution in [0.5, 0.6) is 0 Å². The molecule has 6 heteroatoms. The van der Waals surface area contributed by atoms with Crippen LogP contribution in [0.2, 0.25) is 0 Å². The molecule has 1 aromatic carbocycles. The van der Waals surface area contributed by atoms with Gasteiger partial charge in [-0.3, -0.25) is 9.59 Å². The van der Waals surface area contributed by atoms with Crippen molar-refractivity contribution in [2.75, 3.05) is 31.1 Å². The Balaban J connectivity index is 0.00000208. The zero-order valence-electron chi connectivity index (χ0n) is 14.3. The third-order valence-electron chi connectivity index (χ3n) is 4.82. The quantitative estimate of drug-likeness (QED) is 0.904. The van der Waals surface area contributed by atoms with Crippen molar-refractivity contribution in [2.24, 2.45) is 5.92 Å². The summed E-state index contributed by atoms with van der Waals surface area (Å²) in [4.78, 5) is 28.9. The van der Waals surface area contributed by atoms with Gasteiger partial charge < -0.3 is 15.1 Å². The molecule has 24 heavy (non-hydrogen) atoms. The van der Waals surface area contributed by atoms with E-state index in [0.717, 1.165) is 37.3 Å². The van der Waals surface area contributed by atoms with Crippen molar-refractivity contribution in [3.05, 3.63) is 29.8 Å². The number of benzene rings is 1. The van der Waals surface area contributed by atoms with E-state index in [4.69, 9.17) is 0 Å². The summed E-state index contributed by atoms with van der Waals surface area (Å²) in [6, 6.07) is 8.30. The van der Waals surface area contributed by atoms with Gasteiger partial charge in [0, 0.05) is 44.3 Å². The molecule has 132 valence electrons. The number of nitrogens with one attached hydrogen (secondary N) is 1. The lowest BCUT2D eigenvalue weighted by Crippen LogP contribution is -2.53. The minimum atomic E-state index is -0.210. The highest BCUT2D eigenvalue weighted by atomic mass is 35.5. The molecule has 2 unspecified atom stereocenters. The molecular formula is C18H26ClN3O2. The van der Waals surface area contributed by atoms with Crippen LogP contribution in [0.25, 0.3) is 0 Å². The van der Waals surface area contributed by atoms with Crippen LogP contribution in [0.3, 0.4) is 0 Å². The molecule has 2 saturated heterocycles. The van der Waals surface area contributed by atoms with Gasteiger partial charge in [0.05, 0.1) is 5.92 Å². The lowest BCUT2D eigenvalue weighted by molar-refractivity contribution is -0.136. The number of nitrogens with zero attached hydrogens (tertiary/aromatic N) is 2. The summed E-state index contributed by atoms with van der Waals surface area (Å²) in [5.74, 6) is -0.0201. The zero-order valence-corrected chi connectivity index (χ0v) is 15.1. The normalized spacial score (nSPS) is 24.0. The van der Waals surface area contributed by atoms with Gasteiger partial charge >= 0.3 is 0 Å². The molecule has 3 rings (SSSR count). The first-order valence-electron chi connectivity index (χ1n) is 8.50. The average Bonchev–Trinajstić information content (AvgIpc) is 2.95. The first-order chi connectivity index (χ1) is 11.1. The van der Waals surface area contributed by atoms with Crippen molar-refractivity contribution in [3.63, 3.8) is 0 Å². The smallest absolute Gasteiger partial charge is 0.228 e. The Hall–Kier alpha value is -1.59. The predicted octanol–water partition coefficient (Wildman–Crippen LogP) is 1.84. The van der Waals surface area contributed by atoms with Gasteiger partial charge in [0.15, 0.2) is 0 Å². The average molecular weight is 352 g/mol. The van der Waals surface area contributed by atoms with Crippen LogP contribution in [0, 0.1) is 5.92 Å². The molecule has 0 spiro atoms. The van der Waals surface area contributed by atoms with E-state index in [1.165, 1.54) is 0 Å². The summed E-state index contributed by atoms with van der Waals surface area (Å²) >= 11 is 0. The molecule has 2 amide bonds. The second kappa shape index (κ2) is 7.99. The van der Waals surface area contributed by atoms with E-state index >= 15 is 0 Å². The minimum absolute atomic E-state index is 0. The molecule has 2 heterocycles. The first kappa shape index (κ1) is 18.7. The van der Waals surface area contributed by atoms with Crippen molar-refractivity contribution in [3.8, 4) is 0 Å². The van der Waals surface area contributed by atoms with Crippen molar-refractivity contribution >= 4 is 29.9 Å². The van der Waals surface area contributed by atoms with Crippen LogP contribution in [0.4, 0.5) is 5.69 Å². The third kappa shape index (κ3) is 3.73. The lowest BCUT2D eigenvalue weighted by Gasteiger charge is -2.33. The van der Waals surface area contributed by atoms with Gasteiger partial charge in [0.25, 0.3) is 0 Å². The van der Waals surface area contributed by atoms with Crippen LogP contribution in [-0.2, 0) is 16.0 Å². The monoisotopic (exact) mass is 351 g/mol. The number of aryl methyl sites for hydroxylation is 1. The number of carbonyl (C=O) groups is 2. The third-order valence-corrected chi connectivity index (χ3v) is 4.82. The van der Waals surface area contributed by atoms with E-state index in [1.54, 1.807) is 4.90 Å². The molecule has 0 aromatic heterocycles. The molecule has 2 fully saturated rings. The van der Waals surface area contributed by atoms with E-state index in [-0.39, 0.29) is 30.1 Å². The molecule has 2 atom stereocenters. The number of carbonyl (C=O) groups excluding carboxylic acids is 2. The Kier molecular flexibility index (Phi) is 6.24. The van der Waals surface area contributed by atoms with E-state index in [1.807, 2.05) is 23.1 Å². The van der Waals surface area contributed by atoms with Crippen molar-refractivity contribution in [2.45, 2.75) is 32.7 Å². The predicted molar refractivity (Wildman–Crippen MR) is 97.6 cm³/mol. The van der Waals surface area contributed by atoms with Gasteiger partial charge in [-0.1, -0.05) is 25.1 Å². The summed E-state index contributed by atoms with van der Waals surface area (Å²) < 4.78 is 0. The van der Waals surface area contributed by atoms with Gasteiger partial charge in [0.1, 0.15) is 0 Å². The summed E-state index contributed by atoms with van der Waals surface area (Å²) in [6.07, 6.45) is 1.21. The largest absolute Gasteiger partial charge is 0.340 e. The molecule has 0 radical (unpaired) electrons. The number of hydrogen-bond acceptors (Lipinski definition) is 3. The number of piperazine rings is 1. The number of anilines is 1. The Bertz CT molecular complexity index is 608. The molecular weight excluding hydrogens is 326 g/mol. The Morgan fingerprint density at radius 2 is 2.04 bits per heavy atom. The van der Waals surface area contributed by atoms with E-state index in [2.05, 4.69) is 25.2 Å². The molecule has 5 nitrogen and oxygen atoms in total. The maximum Gasteiger partial charge on any atom is 0.228 e. The van der Waals surface area contributed by atoms with Crippen LogP contribution in [0.15, 0.2) is 24.3 Å². The zero-order chi connectivity index (χ0) is 16.4. The van der Waals surface area contributed by atoms with Crippen LogP contribution in [0.1, 0.15) is 25.8 Å². The SMILES string of the molecule is CCc1ccccc1N1CC(C(=O)N2CCNC(C)C2)CC1=O.Cl. The number of rotatable bonds is 3. The van der Waals surface area contributed by atoms with Crippen molar-refractivity contribution < 1.29 is 9.59 Å². The number of halogens is 1. The lowest BCUT2D eigenvalue weighted by atomic mass is 10.1. The highest BCUT2D eigenvalue weighted by Crippen LogP contribution is 2.29. The molecule has 1 N–H and O–H groups in total. The molecule has 0 aliphatic carbocycles. The summed E-state index contributed by atoms with van der Waals surface area (Å²) in [5, 5.41) is 3.34. The Labute approximate surface area is 149 Å². The van der Waals surface area contributed by atoms with Gasteiger partial charge in [-0.25, -0.2) is 0 Å². The maximum absolute atomic E-state index is 12.7. The van der Waals surface area contributed by atoms with Crippen molar-refractivity contribution in [1.82, 2.24) is 10.2 Å². The Morgan fingerprint density at radius 1 is 1.29 bits per heavy atom. The number of para-hydroxylation sites is 1. The van der Waals surface area contributed by atoms with Gasteiger partial charge in [-0.15, -0.1) is 12.4 Å². The summed E-state index contributed by atoms with van der Waals surface area (Å²) in [7, 11) is 0. The summed E-state index contributed by atoms with van der Waals surface area (Å²) in [5.41, 5.74) is 2.12. The molecule has 0 saturated carbocycles. The minimum Gasteiger partial charge on any atom is -0.340 e. The van der Waals surface area contributed by atoms with Gasteiger partial charge in [-0.05, 0) is 25.0 Å². The standard InChI is InChI=1S/C18H25N3O2.ClH/c1-3-14-6-4-5-7-16(14)21-12-15(10-17(21)22)18(23)20-9-8-19-13(2)11-20;/h4-7,13,15,19H,3,8-12H2,1-2H3;1H.